The molecule has 22 heavy (non-hydrogen) atoms. The van der Waals surface area contributed by atoms with Gasteiger partial charge >= 0.3 is 0 Å². The molecule has 1 aromatic heterocycles. The van der Waals surface area contributed by atoms with Gasteiger partial charge in [0.1, 0.15) is 5.58 Å². The van der Waals surface area contributed by atoms with Gasteiger partial charge in [-0.05, 0) is 31.9 Å². The Kier molecular flexibility index (Phi) is 6.53. The van der Waals surface area contributed by atoms with Gasteiger partial charge in [-0.1, -0.05) is 49.6 Å². The first-order valence-electron chi connectivity index (χ1n) is 8.13. The smallest absolute Gasteiger partial charge is 0.134 e. The normalized spacial score (nSPS) is 16.5. The third kappa shape index (κ3) is 4.37. The van der Waals surface area contributed by atoms with Crippen molar-refractivity contribution < 1.29 is 4.42 Å². The molecular weight excluding hydrogens is 294 g/mol. The highest BCUT2D eigenvalue weighted by Crippen LogP contribution is 2.25. The number of furan rings is 1. The molecule has 1 aromatic carbocycles. The van der Waals surface area contributed by atoms with Crippen LogP contribution < -0.4 is 0 Å². The number of fused-ring (bicyclic) bond motifs is 1. The Morgan fingerprint density at radius 1 is 1.18 bits per heavy atom. The van der Waals surface area contributed by atoms with Crippen LogP contribution in [-0.4, -0.2) is 18.5 Å². The van der Waals surface area contributed by atoms with Crippen LogP contribution in [0.5, 0.6) is 0 Å². The molecule has 3 rings (SSSR count). The maximum Gasteiger partial charge on any atom is 0.134 e. The fraction of sp³-hybridized carbons (Fsp3) is 0.474. The lowest BCUT2D eigenvalue weighted by Gasteiger charge is -2.18. The largest absolute Gasteiger partial charge is 0.464 e. The van der Waals surface area contributed by atoms with E-state index in [0.717, 1.165) is 24.6 Å². The van der Waals surface area contributed by atoms with Crippen LogP contribution in [0.2, 0.25) is 0 Å². The van der Waals surface area contributed by atoms with Crippen LogP contribution in [0.3, 0.4) is 0 Å². The van der Waals surface area contributed by atoms with Gasteiger partial charge in [-0.25, -0.2) is 0 Å². The van der Waals surface area contributed by atoms with Gasteiger partial charge in [-0.2, -0.15) is 0 Å². The Labute approximate surface area is 139 Å². The van der Waals surface area contributed by atoms with Crippen molar-refractivity contribution in [2.45, 2.75) is 38.6 Å². The minimum atomic E-state index is 0. The summed E-state index contributed by atoms with van der Waals surface area (Å²) in [5.74, 6) is 0.821. The van der Waals surface area contributed by atoms with E-state index in [2.05, 4.69) is 36.2 Å². The molecule has 0 aliphatic heterocycles. The Morgan fingerprint density at radius 3 is 2.77 bits per heavy atom. The fourth-order valence-electron chi connectivity index (χ4n) is 3.27. The first kappa shape index (κ1) is 17.1. The molecule has 2 nitrogen and oxygen atoms in total. The summed E-state index contributed by atoms with van der Waals surface area (Å²) < 4.78 is 5.60. The van der Waals surface area contributed by atoms with Crippen molar-refractivity contribution in [3.05, 3.63) is 48.2 Å². The molecule has 0 radical (unpaired) electrons. The molecule has 1 saturated carbocycles. The predicted molar refractivity (Wildman–Crippen MR) is 95.5 cm³/mol. The van der Waals surface area contributed by atoms with E-state index in [1.807, 2.05) is 18.4 Å². The first-order chi connectivity index (χ1) is 10.3. The molecule has 0 unspecified atom stereocenters. The molecule has 1 aliphatic carbocycles. The number of rotatable bonds is 5. The Balaban J connectivity index is 0.00000176. The summed E-state index contributed by atoms with van der Waals surface area (Å²) >= 11 is 0. The SMILES string of the molecule is CN(C/C=C/C1CCCCC1)Cc1coc2ccccc12.Cl. The van der Waals surface area contributed by atoms with Crippen LogP contribution in [0.4, 0.5) is 0 Å². The molecule has 0 bridgehead atoms. The molecule has 1 aliphatic rings. The summed E-state index contributed by atoms with van der Waals surface area (Å²) in [4.78, 5) is 2.34. The number of para-hydroxylation sites is 1. The lowest BCUT2D eigenvalue weighted by Crippen LogP contribution is -2.17. The molecule has 0 spiro atoms. The second kappa shape index (κ2) is 8.40. The van der Waals surface area contributed by atoms with Gasteiger partial charge in [0.05, 0.1) is 6.26 Å². The molecule has 1 fully saturated rings. The van der Waals surface area contributed by atoms with Crippen molar-refractivity contribution in [1.29, 1.82) is 0 Å². The Bertz CT molecular complexity index is 598. The summed E-state index contributed by atoms with van der Waals surface area (Å²) in [5.41, 5.74) is 2.26. The van der Waals surface area contributed by atoms with Gasteiger partial charge in [0.25, 0.3) is 0 Å². The third-order valence-electron chi connectivity index (χ3n) is 4.48. The second-order valence-corrected chi connectivity index (χ2v) is 6.28. The number of halogens is 1. The predicted octanol–water partition coefficient (Wildman–Crippen LogP) is 5.42. The van der Waals surface area contributed by atoms with Crippen molar-refractivity contribution in [3.63, 3.8) is 0 Å². The zero-order valence-corrected chi connectivity index (χ0v) is 14.1. The van der Waals surface area contributed by atoms with E-state index in [1.54, 1.807) is 0 Å². The molecule has 3 heteroatoms. The lowest BCUT2D eigenvalue weighted by molar-refractivity contribution is 0.360. The molecule has 0 saturated heterocycles. The second-order valence-electron chi connectivity index (χ2n) is 6.28. The summed E-state index contributed by atoms with van der Waals surface area (Å²) in [6.07, 6.45) is 13.7. The average molecular weight is 320 g/mol. The highest BCUT2D eigenvalue weighted by Gasteiger charge is 2.10. The molecule has 2 aromatic rings. The van der Waals surface area contributed by atoms with Gasteiger partial charge in [0.15, 0.2) is 0 Å². The highest BCUT2D eigenvalue weighted by atomic mass is 35.5. The number of nitrogens with zero attached hydrogens (tertiary/aromatic N) is 1. The molecule has 1 heterocycles. The molecule has 0 amide bonds. The molecule has 0 atom stereocenters. The van der Waals surface area contributed by atoms with E-state index in [4.69, 9.17) is 4.42 Å². The van der Waals surface area contributed by atoms with Gasteiger partial charge in [-0.3, -0.25) is 4.90 Å². The van der Waals surface area contributed by atoms with Crippen LogP contribution in [-0.2, 0) is 6.54 Å². The zero-order chi connectivity index (χ0) is 14.5. The molecule has 0 N–H and O–H groups in total. The standard InChI is InChI=1S/C19H25NO.ClH/c1-20(13-7-10-16-8-3-2-4-9-16)14-17-15-21-19-12-6-5-11-18(17)19;/h5-7,10-12,15-16H,2-4,8-9,13-14H2,1H3;1H/b10-7+;. The monoisotopic (exact) mass is 319 g/mol. The average Bonchev–Trinajstić information content (AvgIpc) is 2.92. The van der Waals surface area contributed by atoms with Crippen molar-refractivity contribution in [3.8, 4) is 0 Å². The van der Waals surface area contributed by atoms with Crippen LogP contribution >= 0.6 is 12.4 Å². The van der Waals surface area contributed by atoms with E-state index in [9.17, 15) is 0 Å². The maximum absolute atomic E-state index is 5.60. The first-order valence-corrected chi connectivity index (χ1v) is 8.13. The number of hydrogen-bond acceptors (Lipinski definition) is 2. The lowest BCUT2D eigenvalue weighted by atomic mass is 9.89. The topological polar surface area (TPSA) is 16.4 Å². The fourth-order valence-corrected chi connectivity index (χ4v) is 3.27. The summed E-state index contributed by atoms with van der Waals surface area (Å²) in [7, 11) is 2.17. The quantitative estimate of drug-likeness (QED) is 0.684. The Hall–Kier alpha value is -1.25. The minimum absolute atomic E-state index is 0. The molecular formula is C19H26ClNO. The van der Waals surface area contributed by atoms with E-state index < -0.39 is 0 Å². The van der Waals surface area contributed by atoms with E-state index in [1.165, 1.54) is 43.1 Å². The third-order valence-corrected chi connectivity index (χ3v) is 4.48. The van der Waals surface area contributed by atoms with Crippen LogP contribution in [0.1, 0.15) is 37.7 Å². The summed E-state index contributed by atoms with van der Waals surface area (Å²) in [6, 6.07) is 8.26. The summed E-state index contributed by atoms with van der Waals surface area (Å²) in [5, 5.41) is 1.24. The van der Waals surface area contributed by atoms with Gasteiger partial charge in [0, 0.05) is 24.0 Å². The maximum atomic E-state index is 5.60. The van der Waals surface area contributed by atoms with Crippen molar-refractivity contribution in [1.82, 2.24) is 4.90 Å². The van der Waals surface area contributed by atoms with Gasteiger partial charge in [0.2, 0.25) is 0 Å². The molecule has 120 valence electrons. The van der Waals surface area contributed by atoms with Crippen LogP contribution in [0.25, 0.3) is 11.0 Å². The zero-order valence-electron chi connectivity index (χ0n) is 13.3. The van der Waals surface area contributed by atoms with Gasteiger partial charge in [-0.15, -0.1) is 12.4 Å². The number of benzene rings is 1. The van der Waals surface area contributed by atoms with E-state index in [0.29, 0.717) is 0 Å². The van der Waals surface area contributed by atoms with E-state index >= 15 is 0 Å². The summed E-state index contributed by atoms with van der Waals surface area (Å²) in [6.45, 7) is 1.95. The van der Waals surface area contributed by atoms with E-state index in [-0.39, 0.29) is 12.4 Å². The minimum Gasteiger partial charge on any atom is -0.464 e. The van der Waals surface area contributed by atoms with Crippen LogP contribution in [0, 0.1) is 5.92 Å². The van der Waals surface area contributed by atoms with Crippen molar-refractivity contribution in [2.24, 2.45) is 5.92 Å². The Morgan fingerprint density at radius 2 is 1.95 bits per heavy atom. The number of likely N-dealkylation sites (N-methyl/N-ethyl adjacent to an activating group) is 1. The van der Waals surface area contributed by atoms with Crippen molar-refractivity contribution >= 4 is 23.4 Å². The number of allylic oxidation sites excluding steroid dienone is 1. The number of hydrogen-bond donors (Lipinski definition) is 0. The van der Waals surface area contributed by atoms with Crippen molar-refractivity contribution in [2.75, 3.05) is 13.6 Å². The van der Waals surface area contributed by atoms with Crippen LogP contribution in [0.15, 0.2) is 47.1 Å². The highest BCUT2D eigenvalue weighted by molar-refractivity contribution is 5.85. The van der Waals surface area contributed by atoms with Gasteiger partial charge < -0.3 is 4.42 Å².